The Balaban J connectivity index is 2.78. The zero-order chi connectivity index (χ0) is 11.3. The molecule has 0 aliphatic heterocycles. The molecule has 0 heterocycles. The van der Waals surface area contributed by atoms with Gasteiger partial charge in [-0.05, 0) is 25.8 Å². The molecule has 1 N–H and O–H groups in total. The van der Waals surface area contributed by atoms with E-state index in [0.717, 1.165) is 18.4 Å². The lowest BCUT2D eigenvalue weighted by molar-refractivity contribution is 0.424. The smallest absolute Gasteiger partial charge is 0.127 e. The minimum absolute atomic E-state index is 0.111. The van der Waals surface area contributed by atoms with Gasteiger partial charge in [0.05, 0.1) is 0 Å². The highest BCUT2D eigenvalue weighted by molar-refractivity contribution is 5.21. The van der Waals surface area contributed by atoms with E-state index in [1.807, 2.05) is 12.1 Å². The van der Waals surface area contributed by atoms with Crippen molar-refractivity contribution in [2.75, 3.05) is 0 Å². The van der Waals surface area contributed by atoms with Crippen molar-refractivity contribution in [3.63, 3.8) is 0 Å². The highest BCUT2D eigenvalue weighted by Crippen LogP contribution is 2.20. The van der Waals surface area contributed by atoms with Crippen LogP contribution < -0.4 is 5.32 Å². The number of hydrogen-bond donors (Lipinski definition) is 1. The van der Waals surface area contributed by atoms with Gasteiger partial charge in [-0.1, -0.05) is 32.0 Å². The fourth-order valence-corrected chi connectivity index (χ4v) is 1.65. The molecule has 0 saturated heterocycles. The highest BCUT2D eigenvalue weighted by Gasteiger charge is 2.14. The first-order chi connectivity index (χ1) is 7.19. The Hall–Kier alpha value is -0.890. The second-order valence-electron chi connectivity index (χ2n) is 3.96. The molecular formula is C13H20FN. The molecule has 0 fully saturated rings. The van der Waals surface area contributed by atoms with Gasteiger partial charge >= 0.3 is 0 Å². The first kappa shape index (κ1) is 12.2. The molecule has 1 aromatic carbocycles. The van der Waals surface area contributed by atoms with Crippen LogP contribution in [0.15, 0.2) is 24.3 Å². The van der Waals surface area contributed by atoms with E-state index in [1.165, 1.54) is 6.07 Å². The van der Waals surface area contributed by atoms with Gasteiger partial charge in [0.25, 0.3) is 0 Å². The minimum atomic E-state index is -0.111. The van der Waals surface area contributed by atoms with Crippen molar-refractivity contribution in [1.29, 1.82) is 0 Å². The van der Waals surface area contributed by atoms with Gasteiger partial charge in [-0.25, -0.2) is 4.39 Å². The minimum Gasteiger partial charge on any atom is -0.307 e. The van der Waals surface area contributed by atoms with Crippen molar-refractivity contribution in [3.05, 3.63) is 35.6 Å². The van der Waals surface area contributed by atoms with Crippen molar-refractivity contribution in [2.24, 2.45) is 0 Å². The van der Waals surface area contributed by atoms with Crippen LogP contribution in [-0.2, 0) is 0 Å². The summed E-state index contributed by atoms with van der Waals surface area (Å²) in [5.41, 5.74) is 0.778. The summed E-state index contributed by atoms with van der Waals surface area (Å²) in [6, 6.07) is 7.55. The number of halogens is 1. The first-order valence-electron chi connectivity index (χ1n) is 5.69. The Morgan fingerprint density at radius 2 is 1.87 bits per heavy atom. The summed E-state index contributed by atoms with van der Waals surface area (Å²) in [6.45, 7) is 6.34. The van der Waals surface area contributed by atoms with Gasteiger partial charge in [-0.2, -0.15) is 0 Å². The van der Waals surface area contributed by atoms with Crippen LogP contribution in [0.1, 0.15) is 45.2 Å². The van der Waals surface area contributed by atoms with Crippen LogP contribution in [0.3, 0.4) is 0 Å². The fraction of sp³-hybridized carbons (Fsp3) is 0.538. The number of hydrogen-bond acceptors (Lipinski definition) is 1. The third kappa shape index (κ3) is 3.31. The molecule has 0 bridgehead atoms. The second-order valence-corrected chi connectivity index (χ2v) is 3.96. The molecule has 1 aromatic rings. The van der Waals surface area contributed by atoms with E-state index in [2.05, 4.69) is 26.1 Å². The first-order valence-corrected chi connectivity index (χ1v) is 5.69. The van der Waals surface area contributed by atoms with Crippen LogP contribution in [0.4, 0.5) is 4.39 Å². The molecule has 0 unspecified atom stereocenters. The lowest BCUT2D eigenvalue weighted by Crippen LogP contribution is -2.30. The molecule has 0 amide bonds. The molecule has 0 aliphatic carbocycles. The van der Waals surface area contributed by atoms with Gasteiger partial charge in [0.1, 0.15) is 5.82 Å². The van der Waals surface area contributed by atoms with E-state index in [0.29, 0.717) is 6.04 Å². The molecule has 15 heavy (non-hydrogen) atoms. The lowest BCUT2D eigenvalue weighted by Gasteiger charge is -2.22. The van der Waals surface area contributed by atoms with E-state index >= 15 is 0 Å². The monoisotopic (exact) mass is 209 g/mol. The highest BCUT2D eigenvalue weighted by atomic mass is 19.1. The number of nitrogens with one attached hydrogen (secondary N) is 1. The molecule has 1 nitrogen and oxygen atoms in total. The Labute approximate surface area is 91.7 Å². The number of benzene rings is 1. The van der Waals surface area contributed by atoms with Gasteiger partial charge in [0.15, 0.2) is 0 Å². The van der Waals surface area contributed by atoms with Crippen LogP contribution in [0.25, 0.3) is 0 Å². The molecule has 2 heteroatoms. The van der Waals surface area contributed by atoms with E-state index in [1.54, 1.807) is 6.07 Å². The van der Waals surface area contributed by atoms with Crippen LogP contribution >= 0.6 is 0 Å². The Morgan fingerprint density at radius 3 is 2.40 bits per heavy atom. The summed E-state index contributed by atoms with van der Waals surface area (Å²) < 4.78 is 13.5. The third-order valence-corrected chi connectivity index (χ3v) is 2.79. The van der Waals surface area contributed by atoms with Crippen molar-refractivity contribution < 1.29 is 4.39 Å². The van der Waals surface area contributed by atoms with E-state index < -0.39 is 0 Å². The molecule has 0 radical (unpaired) electrons. The average molecular weight is 209 g/mol. The van der Waals surface area contributed by atoms with Gasteiger partial charge in [0.2, 0.25) is 0 Å². The molecule has 0 spiro atoms. The van der Waals surface area contributed by atoms with Crippen LogP contribution in [-0.4, -0.2) is 6.04 Å². The topological polar surface area (TPSA) is 12.0 Å². The Bertz CT molecular complexity index is 298. The molecular weight excluding hydrogens is 189 g/mol. The summed E-state index contributed by atoms with van der Waals surface area (Å²) in [7, 11) is 0. The number of rotatable bonds is 5. The van der Waals surface area contributed by atoms with Gasteiger partial charge in [0, 0.05) is 17.6 Å². The van der Waals surface area contributed by atoms with Gasteiger partial charge in [-0.15, -0.1) is 0 Å². The quantitative estimate of drug-likeness (QED) is 0.780. The van der Waals surface area contributed by atoms with Crippen LogP contribution in [0, 0.1) is 5.82 Å². The van der Waals surface area contributed by atoms with E-state index in [9.17, 15) is 4.39 Å². The summed E-state index contributed by atoms with van der Waals surface area (Å²) in [6.07, 6.45) is 1.97. The van der Waals surface area contributed by atoms with Crippen molar-refractivity contribution in [1.82, 2.24) is 5.32 Å². The SMILES string of the molecule is CC[C@H](N[C@@H](C)CC)c1ccccc1F. The maximum atomic E-state index is 13.5. The van der Waals surface area contributed by atoms with E-state index in [-0.39, 0.29) is 11.9 Å². The maximum absolute atomic E-state index is 13.5. The predicted octanol–water partition coefficient (Wildman–Crippen LogP) is 3.66. The normalized spacial score (nSPS) is 14.9. The second kappa shape index (κ2) is 5.86. The molecule has 0 aromatic heterocycles. The van der Waals surface area contributed by atoms with Crippen LogP contribution in [0.5, 0.6) is 0 Å². The maximum Gasteiger partial charge on any atom is 0.127 e. The Kier molecular flexibility index (Phi) is 4.76. The summed E-state index contributed by atoms with van der Waals surface area (Å²) in [5, 5.41) is 3.43. The predicted molar refractivity (Wildman–Crippen MR) is 62.3 cm³/mol. The summed E-state index contributed by atoms with van der Waals surface area (Å²) in [5.74, 6) is -0.111. The molecule has 0 saturated carbocycles. The summed E-state index contributed by atoms with van der Waals surface area (Å²) in [4.78, 5) is 0. The van der Waals surface area contributed by atoms with Crippen molar-refractivity contribution in [3.8, 4) is 0 Å². The van der Waals surface area contributed by atoms with E-state index in [4.69, 9.17) is 0 Å². The van der Waals surface area contributed by atoms with Crippen LogP contribution in [0.2, 0.25) is 0 Å². The molecule has 1 rings (SSSR count). The average Bonchev–Trinajstić information content (AvgIpc) is 2.26. The molecule has 2 atom stereocenters. The zero-order valence-electron chi connectivity index (χ0n) is 9.76. The van der Waals surface area contributed by atoms with Gasteiger partial charge < -0.3 is 5.32 Å². The summed E-state index contributed by atoms with van der Waals surface area (Å²) >= 11 is 0. The van der Waals surface area contributed by atoms with Gasteiger partial charge in [-0.3, -0.25) is 0 Å². The lowest BCUT2D eigenvalue weighted by atomic mass is 10.0. The van der Waals surface area contributed by atoms with Crippen molar-refractivity contribution >= 4 is 0 Å². The standard InChI is InChI=1S/C13H20FN/c1-4-10(3)15-13(5-2)11-8-6-7-9-12(11)14/h6-10,13,15H,4-5H2,1-3H3/t10-,13-/m0/s1. The third-order valence-electron chi connectivity index (χ3n) is 2.79. The zero-order valence-corrected chi connectivity index (χ0v) is 9.76. The van der Waals surface area contributed by atoms with Crippen molar-refractivity contribution in [2.45, 2.75) is 45.7 Å². The fourth-order valence-electron chi connectivity index (χ4n) is 1.65. The largest absolute Gasteiger partial charge is 0.307 e. The molecule has 0 aliphatic rings. The Morgan fingerprint density at radius 1 is 1.20 bits per heavy atom. The molecule has 84 valence electrons.